The minimum Gasteiger partial charge on any atom is -0.327 e. The third-order valence-corrected chi connectivity index (χ3v) is 3.58. The quantitative estimate of drug-likeness (QED) is 0.676. The van der Waals surface area contributed by atoms with Crippen LogP contribution in [-0.2, 0) is 0 Å². The van der Waals surface area contributed by atoms with Crippen LogP contribution in [0.15, 0.2) is 30.5 Å². The van der Waals surface area contributed by atoms with Crippen molar-refractivity contribution in [2.24, 2.45) is 5.73 Å². The van der Waals surface area contributed by atoms with Crippen molar-refractivity contribution >= 4 is 16.6 Å². The Bertz CT molecular complexity index is 613. The summed E-state index contributed by atoms with van der Waals surface area (Å²) in [4.78, 5) is 14.8. The summed E-state index contributed by atoms with van der Waals surface area (Å²) in [5, 5.41) is 11.8. The van der Waals surface area contributed by atoms with Gasteiger partial charge in [0.2, 0.25) is 0 Å². The van der Waals surface area contributed by atoms with E-state index in [9.17, 15) is 10.1 Å². The van der Waals surface area contributed by atoms with Gasteiger partial charge in [0.05, 0.1) is 4.92 Å². The Morgan fingerprint density at radius 1 is 1.42 bits per heavy atom. The third-order valence-electron chi connectivity index (χ3n) is 3.58. The summed E-state index contributed by atoms with van der Waals surface area (Å²) in [5.41, 5.74) is 7.57. The van der Waals surface area contributed by atoms with Gasteiger partial charge in [0.25, 0.3) is 5.69 Å². The second-order valence-corrected chi connectivity index (χ2v) is 4.69. The average molecular weight is 259 g/mol. The maximum atomic E-state index is 11.0. The molecule has 0 aliphatic carbocycles. The second kappa shape index (κ2) is 5.32. The molecular weight excluding hydrogens is 242 g/mol. The van der Waals surface area contributed by atoms with Crippen molar-refractivity contribution < 1.29 is 4.92 Å². The lowest BCUT2D eigenvalue weighted by molar-refractivity contribution is -0.383. The van der Waals surface area contributed by atoms with E-state index in [4.69, 9.17) is 5.73 Å². The number of nitro benzene ring substituents is 1. The van der Waals surface area contributed by atoms with E-state index in [1.807, 2.05) is 19.9 Å². The summed E-state index contributed by atoms with van der Waals surface area (Å²) >= 11 is 0. The molecule has 0 saturated heterocycles. The fourth-order valence-electron chi connectivity index (χ4n) is 2.31. The highest BCUT2D eigenvalue weighted by Gasteiger charge is 2.20. The SMILES string of the molecule is CCC(N)C(C)c1ccc([N+](=O)[O-])c2ncccc12. The summed E-state index contributed by atoms with van der Waals surface area (Å²) in [6.07, 6.45) is 2.43. The van der Waals surface area contributed by atoms with E-state index < -0.39 is 4.92 Å². The predicted octanol–water partition coefficient (Wildman–Crippen LogP) is 2.98. The highest BCUT2D eigenvalue weighted by molar-refractivity contribution is 5.90. The first-order valence-electron chi connectivity index (χ1n) is 6.33. The highest BCUT2D eigenvalue weighted by Crippen LogP contribution is 2.32. The van der Waals surface area contributed by atoms with E-state index >= 15 is 0 Å². The van der Waals surface area contributed by atoms with Gasteiger partial charge in [-0.15, -0.1) is 0 Å². The van der Waals surface area contributed by atoms with Crippen LogP contribution in [0.3, 0.4) is 0 Å². The van der Waals surface area contributed by atoms with Crippen LogP contribution in [0.4, 0.5) is 5.69 Å². The van der Waals surface area contributed by atoms with Gasteiger partial charge in [0, 0.05) is 23.7 Å². The Hall–Kier alpha value is -2.01. The van der Waals surface area contributed by atoms with E-state index in [2.05, 4.69) is 4.98 Å². The number of aromatic nitrogens is 1. The normalized spacial score (nSPS) is 14.3. The fraction of sp³-hybridized carbons (Fsp3) is 0.357. The van der Waals surface area contributed by atoms with Gasteiger partial charge < -0.3 is 5.73 Å². The van der Waals surface area contributed by atoms with Crippen molar-refractivity contribution in [3.63, 3.8) is 0 Å². The zero-order valence-corrected chi connectivity index (χ0v) is 11.0. The molecule has 0 saturated carbocycles. The maximum absolute atomic E-state index is 11.0. The molecule has 5 heteroatoms. The van der Waals surface area contributed by atoms with Gasteiger partial charge in [0.15, 0.2) is 0 Å². The molecule has 0 radical (unpaired) electrons. The monoisotopic (exact) mass is 259 g/mol. The number of non-ortho nitro benzene ring substituents is 1. The van der Waals surface area contributed by atoms with Gasteiger partial charge in [-0.05, 0) is 24.0 Å². The molecule has 2 atom stereocenters. The summed E-state index contributed by atoms with van der Waals surface area (Å²) in [5.74, 6) is 0.137. The number of nitro groups is 1. The molecule has 100 valence electrons. The van der Waals surface area contributed by atoms with Gasteiger partial charge in [-0.1, -0.05) is 26.0 Å². The van der Waals surface area contributed by atoms with Crippen LogP contribution in [0.1, 0.15) is 31.7 Å². The number of pyridine rings is 1. The molecule has 1 aromatic heterocycles. The first kappa shape index (κ1) is 13.4. The van der Waals surface area contributed by atoms with Crippen molar-refractivity contribution in [1.82, 2.24) is 4.98 Å². The molecule has 0 aliphatic heterocycles. The number of hydrogen-bond acceptors (Lipinski definition) is 4. The lowest BCUT2D eigenvalue weighted by Gasteiger charge is -2.20. The van der Waals surface area contributed by atoms with Gasteiger partial charge in [-0.2, -0.15) is 0 Å². The molecular formula is C14H17N3O2. The molecule has 0 fully saturated rings. The van der Waals surface area contributed by atoms with Crippen molar-refractivity contribution in [1.29, 1.82) is 0 Å². The second-order valence-electron chi connectivity index (χ2n) is 4.69. The first-order chi connectivity index (χ1) is 9.06. The largest absolute Gasteiger partial charge is 0.327 e. The highest BCUT2D eigenvalue weighted by atomic mass is 16.6. The van der Waals surface area contributed by atoms with Crippen LogP contribution in [0, 0.1) is 10.1 Å². The molecule has 0 spiro atoms. The number of nitrogens with two attached hydrogens (primary N) is 1. The minimum absolute atomic E-state index is 0.0323. The molecule has 2 rings (SSSR count). The lowest BCUT2D eigenvalue weighted by atomic mass is 9.89. The van der Waals surface area contributed by atoms with Crippen LogP contribution < -0.4 is 5.73 Å². The number of hydrogen-bond donors (Lipinski definition) is 1. The van der Waals surface area contributed by atoms with Gasteiger partial charge >= 0.3 is 0 Å². The molecule has 0 amide bonds. The standard InChI is InChI=1S/C14H17N3O2/c1-3-12(15)9(2)10-6-7-13(17(18)19)14-11(10)5-4-8-16-14/h4-9,12H,3,15H2,1-2H3. The molecule has 5 nitrogen and oxygen atoms in total. The van der Waals surface area contributed by atoms with E-state index in [0.29, 0.717) is 5.52 Å². The zero-order valence-electron chi connectivity index (χ0n) is 11.0. The zero-order chi connectivity index (χ0) is 14.0. The first-order valence-corrected chi connectivity index (χ1v) is 6.33. The van der Waals surface area contributed by atoms with E-state index in [1.54, 1.807) is 18.3 Å². The molecule has 2 aromatic rings. The number of rotatable bonds is 4. The average Bonchev–Trinajstić information content (AvgIpc) is 2.44. The predicted molar refractivity (Wildman–Crippen MR) is 75.1 cm³/mol. The Morgan fingerprint density at radius 2 is 2.16 bits per heavy atom. The summed E-state index contributed by atoms with van der Waals surface area (Å²) in [7, 11) is 0. The van der Waals surface area contributed by atoms with Gasteiger partial charge in [0.1, 0.15) is 5.52 Å². The summed E-state index contributed by atoms with van der Waals surface area (Å²) in [6, 6.07) is 7.00. The van der Waals surface area contributed by atoms with Crippen LogP contribution in [0.2, 0.25) is 0 Å². The number of nitrogens with zero attached hydrogens (tertiary/aromatic N) is 2. The molecule has 0 aliphatic rings. The molecule has 2 unspecified atom stereocenters. The smallest absolute Gasteiger partial charge is 0.295 e. The minimum atomic E-state index is -0.399. The molecule has 2 N–H and O–H groups in total. The van der Waals surface area contributed by atoms with Crippen LogP contribution >= 0.6 is 0 Å². The van der Waals surface area contributed by atoms with E-state index in [-0.39, 0.29) is 17.6 Å². The molecule has 1 aromatic carbocycles. The Kier molecular flexibility index (Phi) is 3.76. The van der Waals surface area contributed by atoms with Crippen LogP contribution in [0.5, 0.6) is 0 Å². The van der Waals surface area contributed by atoms with Crippen molar-refractivity contribution in [2.45, 2.75) is 32.2 Å². The van der Waals surface area contributed by atoms with Crippen LogP contribution in [0.25, 0.3) is 10.9 Å². The fourth-order valence-corrected chi connectivity index (χ4v) is 2.31. The summed E-state index contributed by atoms with van der Waals surface area (Å²) in [6.45, 7) is 4.08. The van der Waals surface area contributed by atoms with Crippen LogP contribution in [-0.4, -0.2) is 15.9 Å². The summed E-state index contributed by atoms with van der Waals surface area (Å²) < 4.78 is 0. The van der Waals surface area contributed by atoms with Crippen molar-refractivity contribution in [3.05, 3.63) is 46.1 Å². The molecule has 19 heavy (non-hydrogen) atoms. The Morgan fingerprint density at radius 3 is 2.79 bits per heavy atom. The van der Waals surface area contributed by atoms with E-state index in [0.717, 1.165) is 17.4 Å². The number of fused-ring (bicyclic) bond motifs is 1. The molecule has 0 bridgehead atoms. The lowest BCUT2D eigenvalue weighted by Crippen LogP contribution is -2.25. The van der Waals surface area contributed by atoms with Crippen molar-refractivity contribution in [3.8, 4) is 0 Å². The van der Waals surface area contributed by atoms with Gasteiger partial charge in [-0.3, -0.25) is 10.1 Å². The van der Waals surface area contributed by atoms with Gasteiger partial charge in [-0.25, -0.2) is 4.98 Å². The third kappa shape index (κ3) is 2.42. The number of benzene rings is 1. The topological polar surface area (TPSA) is 82.0 Å². The van der Waals surface area contributed by atoms with E-state index in [1.165, 1.54) is 6.07 Å². The Balaban J connectivity index is 2.65. The van der Waals surface area contributed by atoms with Crippen molar-refractivity contribution in [2.75, 3.05) is 0 Å². The maximum Gasteiger partial charge on any atom is 0.295 e. The Labute approximate surface area is 111 Å². The molecule has 1 heterocycles.